The number of hydrogen-bond acceptors (Lipinski definition) is 3. The normalized spacial score (nSPS) is 10.1. The lowest BCUT2D eigenvalue weighted by molar-refractivity contribution is 0.0521. The van der Waals surface area contributed by atoms with Gasteiger partial charge in [-0.1, -0.05) is 38.3 Å². The van der Waals surface area contributed by atoms with E-state index in [2.05, 4.69) is 6.92 Å². The van der Waals surface area contributed by atoms with Gasteiger partial charge in [0, 0.05) is 0 Å². The van der Waals surface area contributed by atoms with Crippen molar-refractivity contribution in [2.24, 2.45) is 0 Å². The third-order valence-corrected chi connectivity index (χ3v) is 2.64. The molecule has 0 N–H and O–H groups in total. The second-order valence-corrected chi connectivity index (χ2v) is 4.13. The first kappa shape index (κ1) is 14.6. The Bertz CT molecular complexity index is 361. The van der Waals surface area contributed by atoms with E-state index < -0.39 is 0 Å². The summed E-state index contributed by atoms with van der Waals surface area (Å²) in [4.78, 5) is 11.7. The van der Waals surface area contributed by atoms with Crippen molar-refractivity contribution in [3.8, 4) is 5.75 Å². The Morgan fingerprint density at radius 1 is 1.11 bits per heavy atom. The number of benzene rings is 1. The van der Waals surface area contributed by atoms with Gasteiger partial charge in [-0.15, -0.1) is 0 Å². The van der Waals surface area contributed by atoms with Gasteiger partial charge in [0.25, 0.3) is 0 Å². The van der Waals surface area contributed by atoms with E-state index in [1.807, 2.05) is 18.2 Å². The summed E-state index contributed by atoms with van der Waals surface area (Å²) in [6.45, 7) is 5.00. The summed E-state index contributed by atoms with van der Waals surface area (Å²) in [6, 6.07) is 7.23. The highest BCUT2D eigenvalue weighted by Gasteiger charge is 2.12. The second kappa shape index (κ2) is 8.56. The van der Waals surface area contributed by atoms with Crippen molar-refractivity contribution in [3.05, 3.63) is 29.8 Å². The summed E-state index contributed by atoms with van der Waals surface area (Å²) in [6.07, 6.45) is 4.62. The number of esters is 1. The first-order valence-corrected chi connectivity index (χ1v) is 6.68. The predicted octanol–water partition coefficient (Wildman–Crippen LogP) is 3.82. The molecule has 100 valence electrons. The largest absolute Gasteiger partial charge is 0.493 e. The molecule has 18 heavy (non-hydrogen) atoms. The molecule has 0 aliphatic heterocycles. The average molecular weight is 250 g/mol. The fourth-order valence-corrected chi connectivity index (χ4v) is 1.68. The molecule has 0 atom stereocenters. The van der Waals surface area contributed by atoms with Crippen LogP contribution in [0.2, 0.25) is 0 Å². The number of rotatable bonds is 8. The van der Waals surface area contributed by atoms with Crippen LogP contribution in [0, 0.1) is 0 Å². The summed E-state index contributed by atoms with van der Waals surface area (Å²) in [5.41, 5.74) is 0.509. The first-order valence-electron chi connectivity index (χ1n) is 6.68. The van der Waals surface area contributed by atoms with E-state index in [1.54, 1.807) is 13.0 Å². The number of para-hydroxylation sites is 1. The van der Waals surface area contributed by atoms with Gasteiger partial charge in [0.15, 0.2) is 0 Å². The fraction of sp³-hybridized carbons (Fsp3) is 0.533. The Labute approximate surface area is 109 Å². The van der Waals surface area contributed by atoms with Gasteiger partial charge in [0.1, 0.15) is 11.3 Å². The molecule has 0 bridgehead atoms. The molecule has 0 spiro atoms. The molecule has 3 nitrogen and oxygen atoms in total. The van der Waals surface area contributed by atoms with Crippen LogP contribution in [0.25, 0.3) is 0 Å². The number of carbonyl (C=O) groups is 1. The van der Waals surface area contributed by atoms with Gasteiger partial charge in [0.2, 0.25) is 0 Å². The van der Waals surface area contributed by atoms with Crippen molar-refractivity contribution in [1.82, 2.24) is 0 Å². The van der Waals surface area contributed by atoms with Crippen LogP contribution in [0.5, 0.6) is 5.75 Å². The van der Waals surface area contributed by atoms with Crippen molar-refractivity contribution in [2.75, 3.05) is 13.2 Å². The van der Waals surface area contributed by atoms with E-state index in [4.69, 9.17) is 9.47 Å². The molecule has 0 saturated heterocycles. The van der Waals surface area contributed by atoms with Crippen LogP contribution < -0.4 is 4.74 Å². The lowest BCUT2D eigenvalue weighted by Crippen LogP contribution is -2.08. The SMILES string of the molecule is CCCCCCOc1ccccc1C(=O)OCC. The zero-order valence-corrected chi connectivity index (χ0v) is 11.3. The van der Waals surface area contributed by atoms with Crippen molar-refractivity contribution in [2.45, 2.75) is 39.5 Å². The van der Waals surface area contributed by atoms with Crippen LogP contribution in [0.3, 0.4) is 0 Å². The smallest absolute Gasteiger partial charge is 0.341 e. The number of ether oxygens (including phenoxy) is 2. The fourth-order valence-electron chi connectivity index (χ4n) is 1.68. The monoisotopic (exact) mass is 250 g/mol. The molecule has 0 aromatic heterocycles. The van der Waals surface area contributed by atoms with Crippen LogP contribution in [0.1, 0.15) is 49.9 Å². The molecule has 1 aromatic carbocycles. The van der Waals surface area contributed by atoms with Crippen molar-refractivity contribution in [3.63, 3.8) is 0 Å². The third-order valence-electron chi connectivity index (χ3n) is 2.64. The molecule has 0 fully saturated rings. The average Bonchev–Trinajstić information content (AvgIpc) is 2.39. The lowest BCUT2D eigenvalue weighted by atomic mass is 10.2. The first-order chi connectivity index (χ1) is 8.79. The molecule has 0 amide bonds. The summed E-state index contributed by atoms with van der Waals surface area (Å²) < 4.78 is 10.6. The molecule has 3 heteroatoms. The number of unbranched alkanes of at least 4 members (excludes halogenated alkanes) is 3. The molecule has 0 radical (unpaired) electrons. The van der Waals surface area contributed by atoms with Gasteiger partial charge in [0.05, 0.1) is 13.2 Å². The van der Waals surface area contributed by atoms with Crippen molar-refractivity contribution >= 4 is 5.97 Å². The van der Waals surface area contributed by atoms with Crippen molar-refractivity contribution < 1.29 is 14.3 Å². The van der Waals surface area contributed by atoms with E-state index >= 15 is 0 Å². The predicted molar refractivity (Wildman–Crippen MR) is 72.0 cm³/mol. The maximum atomic E-state index is 11.7. The van der Waals surface area contributed by atoms with E-state index in [1.165, 1.54) is 12.8 Å². The van der Waals surface area contributed by atoms with E-state index in [0.29, 0.717) is 24.5 Å². The molecule has 1 aromatic rings. The van der Waals surface area contributed by atoms with E-state index in [-0.39, 0.29) is 5.97 Å². The minimum Gasteiger partial charge on any atom is -0.493 e. The van der Waals surface area contributed by atoms with Gasteiger partial charge < -0.3 is 9.47 Å². The highest BCUT2D eigenvalue weighted by Crippen LogP contribution is 2.19. The summed E-state index contributed by atoms with van der Waals surface area (Å²) >= 11 is 0. The van der Waals surface area contributed by atoms with Gasteiger partial charge in [-0.2, -0.15) is 0 Å². The highest BCUT2D eigenvalue weighted by atomic mass is 16.5. The quantitative estimate of drug-likeness (QED) is 0.519. The van der Waals surface area contributed by atoms with Crippen LogP contribution in [0.15, 0.2) is 24.3 Å². The molecule has 1 rings (SSSR count). The molecular weight excluding hydrogens is 228 g/mol. The Kier molecular flexibility index (Phi) is 6.92. The molecule has 0 aliphatic rings. The highest BCUT2D eigenvalue weighted by molar-refractivity contribution is 5.92. The van der Waals surface area contributed by atoms with E-state index in [9.17, 15) is 4.79 Å². The minimum absolute atomic E-state index is 0.318. The topological polar surface area (TPSA) is 35.5 Å². The summed E-state index contributed by atoms with van der Waals surface area (Å²) in [7, 11) is 0. The van der Waals surface area contributed by atoms with Crippen LogP contribution in [-0.4, -0.2) is 19.2 Å². The van der Waals surface area contributed by atoms with Crippen LogP contribution >= 0.6 is 0 Å². The van der Waals surface area contributed by atoms with Crippen LogP contribution in [0.4, 0.5) is 0 Å². The zero-order valence-electron chi connectivity index (χ0n) is 11.3. The zero-order chi connectivity index (χ0) is 13.2. The maximum absolute atomic E-state index is 11.7. The molecule has 0 heterocycles. The second-order valence-electron chi connectivity index (χ2n) is 4.13. The van der Waals surface area contributed by atoms with Gasteiger partial charge in [-0.05, 0) is 25.5 Å². The van der Waals surface area contributed by atoms with Crippen LogP contribution in [-0.2, 0) is 4.74 Å². The minimum atomic E-state index is -0.318. The molecule has 0 saturated carbocycles. The Balaban J connectivity index is 2.51. The van der Waals surface area contributed by atoms with Gasteiger partial charge >= 0.3 is 5.97 Å². The number of carbonyl (C=O) groups excluding carboxylic acids is 1. The lowest BCUT2D eigenvalue weighted by Gasteiger charge is -2.10. The van der Waals surface area contributed by atoms with Crippen molar-refractivity contribution in [1.29, 1.82) is 0 Å². The maximum Gasteiger partial charge on any atom is 0.341 e. The van der Waals surface area contributed by atoms with Gasteiger partial charge in [-0.25, -0.2) is 4.79 Å². The Hall–Kier alpha value is -1.51. The van der Waals surface area contributed by atoms with E-state index in [0.717, 1.165) is 12.8 Å². The van der Waals surface area contributed by atoms with Gasteiger partial charge in [-0.3, -0.25) is 0 Å². The summed E-state index contributed by atoms with van der Waals surface area (Å²) in [5.74, 6) is 0.300. The Morgan fingerprint density at radius 3 is 2.61 bits per heavy atom. The summed E-state index contributed by atoms with van der Waals surface area (Å²) in [5, 5.41) is 0. The molecule has 0 unspecified atom stereocenters. The third kappa shape index (κ3) is 4.78. The standard InChI is InChI=1S/C15H22O3/c1-3-5-6-9-12-18-14-11-8-7-10-13(14)15(16)17-4-2/h7-8,10-11H,3-6,9,12H2,1-2H3. The molecule has 0 aliphatic carbocycles. The number of hydrogen-bond donors (Lipinski definition) is 0. The molecular formula is C15H22O3. The Morgan fingerprint density at radius 2 is 1.89 bits per heavy atom.